The Morgan fingerprint density at radius 1 is 1.13 bits per heavy atom. The highest BCUT2D eigenvalue weighted by Crippen LogP contribution is 2.24. The first-order chi connectivity index (χ1) is 14.9. The van der Waals surface area contributed by atoms with Crippen LogP contribution in [0.5, 0.6) is 0 Å². The minimum atomic E-state index is -0.163. The molecule has 2 aromatic rings. The Hall–Kier alpha value is -2.40. The van der Waals surface area contributed by atoms with Crippen molar-refractivity contribution in [3.05, 3.63) is 69.6 Å². The molecule has 1 aliphatic rings. The lowest BCUT2D eigenvalue weighted by Gasteiger charge is -2.32. The molecule has 1 amide bonds. The number of carbonyl (C=O) groups is 1. The molecule has 168 valence electrons. The van der Waals surface area contributed by atoms with Crippen LogP contribution in [0.25, 0.3) is 0 Å². The predicted octanol–water partition coefficient (Wildman–Crippen LogP) is 4.15. The summed E-state index contributed by atoms with van der Waals surface area (Å²) in [6.07, 6.45) is 7.38. The number of aryl methyl sites for hydroxylation is 2. The molecule has 1 fully saturated rings. The van der Waals surface area contributed by atoms with Crippen molar-refractivity contribution in [1.29, 1.82) is 0 Å². The SMILES string of the molecule is Cc1ccn(C(C)CN(C)C)c(=O)c1C(=O)N1CCC(CCCc2ccccc2)CC1. The highest BCUT2D eigenvalue weighted by molar-refractivity contribution is 5.95. The third-order valence-electron chi connectivity index (χ3n) is 6.47. The minimum Gasteiger partial charge on any atom is -0.338 e. The van der Waals surface area contributed by atoms with Crippen LogP contribution in [0.15, 0.2) is 47.4 Å². The summed E-state index contributed by atoms with van der Waals surface area (Å²) >= 11 is 0. The molecule has 0 bridgehead atoms. The Bertz CT molecular complexity index is 912. The quantitative estimate of drug-likeness (QED) is 0.641. The molecule has 0 N–H and O–H groups in total. The molecule has 0 radical (unpaired) electrons. The number of carbonyl (C=O) groups excluding carboxylic acids is 1. The van der Waals surface area contributed by atoms with Crippen molar-refractivity contribution in [3.63, 3.8) is 0 Å². The summed E-state index contributed by atoms with van der Waals surface area (Å²) in [4.78, 5) is 30.3. The third kappa shape index (κ3) is 6.07. The molecule has 1 atom stereocenters. The Morgan fingerprint density at radius 3 is 2.45 bits per heavy atom. The van der Waals surface area contributed by atoms with Crippen LogP contribution in [-0.2, 0) is 6.42 Å². The average molecular weight is 424 g/mol. The fraction of sp³-hybridized carbons (Fsp3) is 0.538. The van der Waals surface area contributed by atoms with Crippen molar-refractivity contribution in [1.82, 2.24) is 14.4 Å². The van der Waals surface area contributed by atoms with E-state index < -0.39 is 0 Å². The van der Waals surface area contributed by atoms with Gasteiger partial charge in [-0.25, -0.2) is 0 Å². The molecule has 1 unspecified atom stereocenters. The van der Waals surface area contributed by atoms with Crippen LogP contribution >= 0.6 is 0 Å². The molecule has 1 aromatic carbocycles. The molecule has 5 nitrogen and oxygen atoms in total. The molecule has 0 spiro atoms. The number of amides is 1. The van der Waals surface area contributed by atoms with E-state index in [1.54, 1.807) is 4.57 Å². The van der Waals surface area contributed by atoms with Gasteiger partial charge in [0.25, 0.3) is 11.5 Å². The van der Waals surface area contributed by atoms with Gasteiger partial charge in [-0.15, -0.1) is 0 Å². The zero-order chi connectivity index (χ0) is 22.4. The van der Waals surface area contributed by atoms with Crippen LogP contribution in [0.4, 0.5) is 0 Å². The van der Waals surface area contributed by atoms with Crippen molar-refractivity contribution < 1.29 is 4.79 Å². The first-order valence-corrected chi connectivity index (χ1v) is 11.6. The minimum absolute atomic E-state index is 0.0185. The van der Waals surface area contributed by atoms with Gasteiger partial charge >= 0.3 is 0 Å². The van der Waals surface area contributed by atoms with Gasteiger partial charge in [0.2, 0.25) is 0 Å². The summed E-state index contributed by atoms with van der Waals surface area (Å²) in [5.74, 6) is 0.568. The summed E-state index contributed by atoms with van der Waals surface area (Å²) in [5.41, 5.74) is 2.35. The second-order valence-electron chi connectivity index (χ2n) is 9.31. The van der Waals surface area contributed by atoms with E-state index in [2.05, 4.69) is 35.2 Å². The van der Waals surface area contributed by atoms with Gasteiger partial charge in [0.15, 0.2) is 0 Å². The van der Waals surface area contributed by atoms with E-state index in [-0.39, 0.29) is 17.5 Å². The lowest BCUT2D eigenvalue weighted by Crippen LogP contribution is -2.42. The second-order valence-corrected chi connectivity index (χ2v) is 9.31. The number of pyridine rings is 1. The van der Waals surface area contributed by atoms with Crippen molar-refractivity contribution >= 4 is 5.91 Å². The summed E-state index contributed by atoms with van der Waals surface area (Å²) in [5, 5.41) is 0. The number of hydrogen-bond acceptors (Lipinski definition) is 3. The topological polar surface area (TPSA) is 45.6 Å². The van der Waals surface area contributed by atoms with Gasteiger partial charge in [0.05, 0.1) is 0 Å². The van der Waals surface area contributed by atoms with Crippen molar-refractivity contribution in [2.75, 3.05) is 33.7 Å². The van der Waals surface area contributed by atoms with E-state index in [0.717, 1.165) is 44.5 Å². The molecule has 1 saturated heterocycles. The zero-order valence-electron chi connectivity index (χ0n) is 19.5. The molecule has 0 saturated carbocycles. The molecule has 1 aromatic heterocycles. The van der Waals surface area contributed by atoms with E-state index in [0.29, 0.717) is 11.5 Å². The van der Waals surface area contributed by atoms with Crippen LogP contribution in [0.3, 0.4) is 0 Å². The van der Waals surface area contributed by atoms with Gasteiger partial charge in [0, 0.05) is 31.9 Å². The molecule has 3 rings (SSSR count). The largest absolute Gasteiger partial charge is 0.338 e. The van der Waals surface area contributed by atoms with Crippen LogP contribution in [0.1, 0.15) is 60.1 Å². The highest BCUT2D eigenvalue weighted by atomic mass is 16.2. The summed E-state index contributed by atoms with van der Waals surface area (Å²) < 4.78 is 1.70. The Labute approximate surface area is 186 Å². The fourth-order valence-corrected chi connectivity index (χ4v) is 4.69. The van der Waals surface area contributed by atoms with E-state index in [1.807, 2.05) is 45.1 Å². The first kappa shape index (κ1) is 23.3. The lowest BCUT2D eigenvalue weighted by atomic mass is 9.90. The average Bonchev–Trinajstić information content (AvgIpc) is 2.74. The van der Waals surface area contributed by atoms with Gasteiger partial charge in [-0.3, -0.25) is 9.59 Å². The monoisotopic (exact) mass is 423 g/mol. The molecular formula is C26H37N3O2. The molecule has 5 heteroatoms. The smallest absolute Gasteiger partial charge is 0.263 e. The van der Waals surface area contributed by atoms with Gasteiger partial charge in [-0.2, -0.15) is 0 Å². The van der Waals surface area contributed by atoms with E-state index >= 15 is 0 Å². The standard InChI is InChI=1S/C26H37N3O2/c1-20-13-18-29(21(2)19-27(3)4)26(31)24(20)25(30)28-16-14-23(15-17-28)12-8-11-22-9-6-5-7-10-22/h5-7,9-10,13,18,21,23H,8,11-12,14-17,19H2,1-4H3. The normalized spacial score (nSPS) is 16.0. The predicted molar refractivity (Wildman–Crippen MR) is 127 cm³/mol. The van der Waals surface area contributed by atoms with Gasteiger partial charge in [-0.1, -0.05) is 30.3 Å². The summed E-state index contributed by atoms with van der Waals surface area (Å²) in [7, 11) is 3.98. The number of rotatable bonds is 8. The van der Waals surface area contributed by atoms with Crippen LogP contribution in [-0.4, -0.2) is 54.0 Å². The number of nitrogens with zero attached hydrogens (tertiary/aromatic N) is 3. The van der Waals surface area contributed by atoms with Gasteiger partial charge < -0.3 is 14.4 Å². The highest BCUT2D eigenvalue weighted by Gasteiger charge is 2.27. The number of likely N-dealkylation sites (N-methyl/N-ethyl adjacent to an activating group) is 1. The molecule has 0 aliphatic carbocycles. The lowest BCUT2D eigenvalue weighted by molar-refractivity contribution is 0.0682. The number of piperidine rings is 1. The first-order valence-electron chi connectivity index (χ1n) is 11.6. The van der Waals surface area contributed by atoms with Gasteiger partial charge in [0.1, 0.15) is 5.56 Å². The Kier molecular flexibility index (Phi) is 8.08. The van der Waals surface area contributed by atoms with Gasteiger partial charge in [-0.05, 0) is 83.2 Å². The number of hydrogen-bond donors (Lipinski definition) is 0. The van der Waals surface area contributed by atoms with Crippen LogP contribution in [0, 0.1) is 12.8 Å². The molecule has 1 aliphatic heterocycles. The fourth-order valence-electron chi connectivity index (χ4n) is 4.69. The third-order valence-corrected chi connectivity index (χ3v) is 6.47. The molecule has 31 heavy (non-hydrogen) atoms. The maximum atomic E-state index is 13.2. The van der Waals surface area contributed by atoms with E-state index in [1.165, 1.54) is 18.4 Å². The zero-order valence-corrected chi connectivity index (χ0v) is 19.5. The Morgan fingerprint density at radius 2 is 1.81 bits per heavy atom. The van der Waals surface area contributed by atoms with Crippen molar-refractivity contribution in [2.45, 2.75) is 52.0 Å². The van der Waals surface area contributed by atoms with E-state index in [9.17, 15) is 9.59 Å². The Balaban J connectivity index is 1.58. The van der Waals surface area contributed by atoms with Crippen LogP contribution in [0.2, 0.25) is 0 Å². The van der Waals surface area contributed by atoms with E-state index in [4.69, 9.17) is 0 Å². The summed E-state index contributed by atoms with van der Waals surface area (Å²) in [6, 6.07) is 12.6. The van der Waals surface area contributed by atoms with Crippen molar-refractivity contribution in [2.24, 2.45) is 5.92 Å². The maximum Gasteiger partial charge on any atom is 0.263 e. The number of aromatic nitrogens is 1. The summed E-state index contributed by atoms with van der Waals surface area (Å²) in [6.45, 7) is 6.13. The number of benzene rings is 1. The molecular weight excluding hydrogens is 386 g/mol. The molecule has 2 heterocycles. The number of likely N-dealkylation sites (tertiary alicyclic amines) is 1. The maximum absolute atomic E-state index is 13.2. The van der Waals surface area contributed by atoms with Crippen molar-refractivity contribution in [3.8, 4) is 0 Å². The van der Waals surface area contributed by atoms with Crippen LogP contribution < -0.4 is 5.56 Å². The second kappa shape index (κ2) is 10.8.